The van der Waals surface area contributed by atoms with Gasteiger partial charge in [0.05, 0.1) is 8.07 Å². The molecule has 0 aromatic carbocycles. The average molecular weight is 179 g/mol. The zero-order valence-electron chi connectivity index (χ0n) is 4.87. The molecular formula is C5H11BrSi. The van der Waals surface area contributed by atoms with Crippen molar-refractivity contribution in [1.82, 2.24) is 0 Å². The van der Waals surface area contributed by atoms with E-state index in [2.05, 4.69) is 41.3 Å². The van der Waals surface area contributed by atoms with E-state index < -0.39 is 8.07 Å². The molecule has 0 saturated heterocycles. The molecule has 0 bridgehead atoms. The van der Waals surface area contributed by atoms with Crippen LogP contribution in [-0.4, -0.2) is 13.0 Å². The Morgan fingerprint density at radius 3 is 2.14 bits per heavy atom. The minimum absolute atomic E-state index is 0.971. The number of hydrogen-bond donors (Lipinski definition) is 0. The quantitative estimate of drug-likeness (QED) is 0.451. The number of halogens is 1. The van der Waals surface area contributed by atoms with E-state index in [9.17, 15) is 0 Å². The standard InChI is InChI=1S/C5H11BrSi/c1-4-7(2,3)5-6/h4H,1,5H2,2-3H3. The third-order valence-corrected chi connectivity index (χ3v) is 7.03. The maximum atomic E-state index is 3.73. The van der Waals surface area contributed by atoms with Crippen molar-refractivity contribution in [1.29, 1.82) is 0 Å². The first-order chi connectivity index (χ1) is 3.12. The van der Waals surface area contributed by atoms with E-state index in [1.807, 2.05) is 0 Å². The third-order valence-electron chi connectivity index (χ3n) is 0.897. The molecule has 0 aliphatic rings. The molecule has 7 heavy (non-hydrogen) atoms. The van der Waals surface area contributed by atoms with Gasteiger partial charge >= 0.3 is 0 Å². The molecule has 2 heteroatoms. The molecule has 0 aromatic rings. The maximum absolute atomic E-state index is 3.73. The second-order valence-electron chi connectivity index (χ2n) is 2.33. The second kappa shape index (κ2) is 2.67. The Morgan fingerprint density at radius 1 is 1.71 bits per heavy atom. The van der Waals surface area contributed by atoms with E-state index in [1.54, 1.807) is 0 Å². The molecule has 0 heterocycles. The Morgan fingerprint density at radius 2 is 2.14 bits per heavy atom. The van der Waals surface area contributed by atoms with Crippen LogP contribution in [0.15, 0.2) is 12.3 Å². The molecular weight excluding hydrogens is 168 g/mol. The van der Waals surface area contributed by atoms with Crippen LogP contribution in [0.25, 0.3) is 0 Å². The minimum Gasteiger partial charge on any atom is -0.107 e. The van der Waals surface area contributed by atoms with Gasteiger partial charge in [-0.05, 0) is 0 Å². The summed E-state index contributed by atoms with van der Waals surface area (Å²) < 4.78 is 0. The Balaban J connectivity index is 3.58. The van der Waals surface area contributed by atoms with Gasteiger partial charge in [0.25, 0.3) is 0 Å². The second-order valence-corrected chi connectivity index (χ2v) is 8.66. The summed E-state index contributed by atoms with van der Waals surface area (Å²) in [5.74, 6) is 0. The molecule has 0 fully saturated rings. The summed E-state index contributed by atoms with van der Waals surface area (Å²) in [7, 11) is -0.971. The van der Waals surface area contributed by atoms with Crippen LogP contribution < -0.4 is 0 Å². The van der Waals surface area contributed by atoms with E-state index in [0.29, 0.717) is 0 Å². The van der Waals surface area contributed by atoms with Gasteiger partial charge in [0.15, 0.2) is 0 Å². The van der Waals surface area contributed by atoms with E-state index >= 15 is 0 Å². The molecule has 0 unspecified atom stereocenters. The molecule has 0 amide bonds. The topological polar surface area (TPSA) is 0 Å². The van der Waals surface area contributed by atoms with Gasteiger partial charge in [0.1, 0.15) is 0 Å². The highest BCUT2D eigenvalue weighted by atomic mass is 79.9. The molecule has 0 rings (SSSR count). The molecule has 0 atom stereocenters. The first kappa shape index (κ1) is 7.44. The van der Waals surface area contributed by atoms with Crippen LogP contribution >= 0.6 is 15.9 Å². The van der Waals surface area contributed by atoms with Crippen LogP contribution in [0.2, 0.25) is 13.1 Å². The lowest BCUT2D eigenvalue weighted by Crippen LogP contribution is -2.24. The van der Waals surface area contributed by atoms with Gasteiger partial charge in [0, 0.05) is 4.95 Å². The summed E-state index contributed by atoms with van der Waals surface area (Å²) in [6, 6.07) is 0. The van der Waals surface area contributed by atoms with Crippen molar-refractivity contribution in [3.05, 3.63) is 12.3 Å². The van der Waals surface area contributed by atoms with Crippen molar-refractivity contribution >= 4 is 24.0 Å². The smallest absolute Gasteiger partial charge is 0.0816 e. The molecule has 0 N–H and O–H groups in total. The van der Waals surface area contributed by atoms with Crippen LogP contribution in [0, 0.1) is 0 Å². The van der Waals surface area contributed by atoms with E-state index in [-0.39, 0.29) is 0 Å². The first-order valence-electron chi connectivity index (χ1n) is 2.32. The van der Waals surface area contributed by atoms with Crippen molar-refractivity contribution in [3.8, 4) is 0 Å². The van der Waals surface area contributed by atoms with Gasteiger partial charge in [-0.3, -0.25) is 0 Å². The molecule has 0 aromatic heterocycles. The van der Waals surface area contributed by atoms with E-state index in [1.165, 1.54) is 0 Å². The predicted molar refractivity (Wildman–Crippen MR) is 41.5 cm³/mol. The van der Waals surface area contributed by atoms with Crippen LogP contribution in [-0.2, 0) is 0 Å². The van der Waals surface area contributed by atoms with Crippen LogP contribution in [0.4, 0.5) is 0 Å². The zero-order chi connectivity index (χ0) is 5.91. The molecule has 0 aliphatic carbocycles. The van der Waals surface area contributed by atoms with Crippen LogP contribution in [0.3, 0.4) is 0 Å². The maximum Gasteiger partial charge on any atom is 0.0816 e. The minimum atomic E-state index is -0.971. The van der Waals surface area contributed by atoms with Crippen molar-refractivity contribution in [2.24, 2.45) is 0 Å². The number of hydrogen-bond acceptors (Lipinski definition) is 0. The molecule has 0 aliphatic heterocycles. The lowest BCUT2D eigenvalue weighted by molar-refractivity contribution is 1.76. The first-order valence-corrected chi connectivity index (χ1v) is 6.72. The summed E-state index contributed by atoms with van der Waals surface area (Å²) in [6.45, 7) is 8.28. The Bertz CT molecular complexity index is 68.5. The average Bonchev–Trinajstić information content (AvgIpc) is 1.68. The Labute approximate surface area is 54.8 Å². The predicted octanol–water partition coefficient (Wildman–Crippen LogP) is 2.35. The molecule has 0 spiro atoms. The van der Waals surface area contributed by atoms with Crippen molar-refractivity contribution < 1.29 is 0 Å². The fourth-order valence-electron chi connectivity index (χ4n) is 0.0546. The monoisotopic (exact) mass is 178 g/mol. The number of alkyl halides is 1. The summed E-state index contributed by atoms with van der Waals surface area (Å²) in [6.07, 6.45) is 0. The lowest BCUT2D eigenvalue weighted by atomic mass is 11.3. The van der Waals surface area contributed by atoms with Crippen molar-refractivity contribution in [2.75, 3.05) is 4.95 Å². The molecule has 42 valence electrons. The fourth-order valence-corrected chi connectivity index (χ4v) is 0.850. The van der Waals surface area contributed by atoms with Crippen LogP contribution in [0.1, 0.15) is 0 Å². The van der Waals surface area contributed by atoms with Gasteiger partial charge in [0.2, 0.25) is 0 Å². The van der Waals surface area contributed by atoms with Gasteiger partial charge < -0.3 is 0 Å². The normalized spacial score (nSPS) is 11.3. The van der Waals surface area contributed by atoms with Gasteiger partial charge in [-0.2, -0.15) is 0 Å². The van der Waals surface area contributed by atoms with Crippen molar-refractivity contribution in [3.63, 3.8) is 0 Å². The summed E-state index contributed by atoms with van der Waals surface area (Å²) in [5.41, 5.74) is 2.09. The zero-order valence-corrected chi connectivity index (χ0v) is 7.46. The number of rotatable bonds is 2. The van der Waals surface area contributed by atoms with Crippen LogP contribution in [0.5, 0.6) is 0 Å². The van der Waals surface area contributed by atoms with Gasteiger partial charge in [-0.1, -0.05) is 29.0 Å². The summed E-state index contributed by atoms with van der Waals surface area (Å²) in [4.78, 5) is 1.13. The Hall–Kier alpha value is 0.437. The Kier molecular flexibility index (Phi) is 2.84. The van der Waals surface area contributed by atoms with Gasteiger partial charge in [-0.15, -0.1) is 12.3 Å². The highest BCUT2D eigenvalue weighted by molar-refractivity contribution is 9.09. The highest BCUT2D eigenvalue weighted by Crippen LogP contribution is 2.04. The van der Waals surface area contributed by atoms with Gasteiger partial charge in [-0.25, -0.2) is 0 Å². The molecule has 0 nitrogen and oxygen atoms in total. The summed E-state index contributed by atoms with van der Waals surface area (Å²) >= 11 is 3.42. The summed E-state index contributed by atoms with van der Waals surface area (Å²) in [5, 5.41) is 0. The highest BCUT2D eigenvalue weighted by Gasteiger charge is 2.11. The third kappa shape index (κ3) is 3.06. The molecule has 0 radical (unpaired) electrons. The fraction of sp³-hybridized carbons (Fsp3) is 0.600. The van der Waals surface area contributed by atoms with E-state index in [4.69, 9.17) is 0 Å². The largest absolute Gasteiger partial charge is 0.107 e. The molecule has 0 saturated carbocycles. The van der Waals surface area contributed by atoms with Crippen molar-refractivity contribution in [2.45, 2.75) is 13.1 Å². The van der Waals surface area contributed by atoms with E-state index in [0.717, 1.165) is 4.95 Å². The lowest BCUT2D eigenvalue weighted by Gasteiger charge is -2.10. The SMILES string of the molecule is C=C[Si](C)(C)CBr.